The van der Waals surface area contributed by atoms with E-state index in [1.165, 1.54) is 24.3 Å². The van der Waals surface area contributed by atoms with Crippen molar-refractivity contribution in [2.75, 3.05) is 6.61 Å². The number of carbonyl (C=O) groups excluding carboxylic acids is 2. The van der Waals surface area contributed by atoms with E-state index < -0.39 is 24.2 Å². The Hall–Kier alpha value is -1.91. The van der Waals surface area contributed by atoms with Crippen molar-refractivity contribution >= 4 is 35.0 Å². The van der Waals surface area contributed by atoms with E-state index in [9.17, 15) is 14.0 Å². The molecule has 0 unspecified atom stereocenters. The minimum absolute atomic E-state index is 0.0457. The highest BCUT2D eigenvalue weighted by molar-refractivity contribution is 6.31. The summed E-state index contributed by atoms with van der Waals surface area (Å²) >= 11 is 11.6. The first-order valence-corrected chi connectivity index (χ1v) is 7.10. The summed E-state index contributed by atoms with van der Waals surface area (Å²) in [5.41, 5.74) is 0.383. The van der Waals surface area contributed by atoms with Crippen molar-refractivity contribution in [2.45, 2.75) is 6.42 Å². The van der Waals surface area contributed by atoms with Crippen LogP contribution in [0.25, 0.3) is 0 Å². The van der Waals surface area contributed by atoms with Crippen molar-refractivity contribution in [1.82, 2.24) is 0 Å². The first-order valence-electron chi connectivity index (χ1n) is 6.34. The standard InChI is InChI=1S/C16H11Cl2FO3/c17-11-4-1-3-10(7-11)15(20)9-22-16(21)8-12-13(18)5-2-6-14(12)19/h1-7H,8-9H2. The number of halogens is 3. The fraction of sp³-hybridized carbons (Fsp3) is 0.125. The van der Waals surface area contributed by atoms with Crippen LogP contribution >= 0.6 is 23.2 Å². The molecular formula is C16H11Cl2FO3. The average Bonchev–Trinajstić information content (AvgIpc) is 2.48. The molecule has 0 amide bonds. The van der Waals surface area contributed by atoms with Crippen LogP contribution in [-0.4, -0.2) is 18.4 Å². The topological polar surface area (TPSA) is 43.4 Å². The smallest absolute Gasteiger partial charge is 0.310 e. The van der Waals surface area contributed by atoms with Gasteiger partial charge in [0.25, 0.3) is 0 Å². The van der Waals surface area contributed by atoms with Gasteiger partial charge in [-0.25, -0.2) is 4.39 Å². The molecule has 0 N–H and O–H groups in total. The fourth-order valence-corrected chi connectivity index (χ4v) is 2.21. The number of benzene rings is 2. The molecule has 2 aromatic carbocycles. The number of ether oxygens (including phenoxy) is 1. The molecule has 3 nitrogen and oxygen atoms in total. The highest BCUT2D eigenvalue weighted by atomic mass is 35.5. The number of rotatable bonds is 5. The van der Waals surface area contributed by atoms with Crippen molar-refractivity contribution in [3.05, 3.63) is 69.5 Å². The van der Waals surface area contributed by atoms with Gasteiger partial charge >= 0.3 is 5.97 Å². The van der Waals surface area contributed by atoms with Gasteiger partial charge in [0.2, 0.25) is 0 Å². The monoisotopic (exact) mass is 340 g/mol. The molecule has 6 heteroatoms. The molecule has 0 fully saturated rings. The molecule has 0 aliphatic carbocycles. The Balaban J connectivity index is 1.94. The number of hydrogen-bond acceptors (Lipinski definition) is 3. The highest BCUT2D eigenvalue weighted by Gasteiger charge is 2.15. The molecule has 0 saturated carbocycles. The molecule has 0 spiro atoms. The van der Waals surface area contributed by atoms with Crippen molar-refractivity contribution in [1.29, 1.82) is 0 Å². The van der Waals surface area contributed by atoms with Gasteiger partial charge in [0, 0.05) is 21.2 Å². The van der Waals surface area contributed by atoms with Crippen LogP contribution in [-0.2, 0) is 16.0 Å². The summed E-state index contributed by atoms with van der Waals surface area (Å²) < 4.78 is 18.4. The van der Waals surface area contributed by atoms with Crippen molar-refractivity contribution in [3.8, 4) is 0 Å². The van der Waals surface area contributed by atoms with E-state index in [0.29, 0.717) is 10.6 Å². The molecule has 2 rings (SSSR count). The van der Waals surface area contributed by atoms with Crippen molar-refractivity contribution in [2.24, 2.45) is 0 Å². The number of Topliss-reactive ketones (excluding diaryl/α,β-unsaturated/α-hetero) is 1. The molecule has 0 heterocycles. The predicted molar refractivity (Wildman–Crippen MR) is 81.9 cm³/mol. The van der Waals surface area contributed by atoms with Gasteiger partial charge in [0.15, 0.2) is 12.4 Å². The minimum Gasteiger partial charge on any atom is -0.457 e. The second-order valence-corrected chi connectivity index (χ2v) is 5.31. The van der Waals surface area contributed by atoms with E-state index in [0.717, 1.165) is 0 Å². The van der Waals surface area contributed by atoms with E-state index in [-0.39, 0.29) is 17.0 Å². The Morgan fingerprint density at radius 3 is 2.50 bits per heavy atom. The van der Waals surface area contributed by atoms with Crippen LogP contribution in [0.4, 0.5) is 4.39 Å². The molecule has 22 heavy (non-hydrogen) atoms. The second-order valence-electron chi connectivity index (χ2n) is 4.47. The van der Waals surface area contributed by atoms with Gasteiger partial charge in [-0.2, -0.15) is 0 Å². The molecule has 0 aliphatic heterocycles. The van der Waals surface area contributed by atoms with Gasteiger partial charge in [-0.3, -0.25) is 9.59 Å². The lowest BCUT2D eigenvalue weighted by atomic mass is 10.1. The molecule has 0 aromatic heterocycles. The molecule has 2 aromatic rings. The van der Waals surface area contributed by atoms with E-state index in [1.54, 1.807) is 18.2 Å². The van der Waals surface area contributed by atoms with Crippen LogP contribution < -0.4 is 0 Å². The highest BCUT2D eigenvalue weighted by Crippen LogP contribution is 2.19. The number of ketones is 1. The van der Waals surface area contributed by atoms with Crippen LogP contribution in [0.1, 0.15) is 15.9 Å². The van der Waals surface area contributed by atoms with E-state index in [2.05, 4.69) is 0 Å². The number of carbonyl (C=O) groups is 2. The van der Waals surface area contributed by atoms with E-state index in [1.807, 2.05) is 0 Å². The zero-order chi connectivity index (χ0) is 16.1. The van der Waals surface area contributed by atoms with Gasteiger partial charge in [-0.05, 0) is 24.3 Å². The zero-order valence-electron chi connectivity index (χ0n) is 11.3. The predicted octanol–water partition coefficient (Wildman–Crippen LogP) is 4.10. The zero-order valence-corrected chi connectivity index (χ0v) is 12.8. The summed E-state index contributed by atoms with van der Waals surface area (Å²) in [5.74, 6) is -1.72. The van der Waals surface area contributed by atoms with Gasteiger partial charge in [0.05, 0.1) is 6.42 Å². The Labute approximate surface area is 136 Å². The average molecular weight is 341 g/mol. The summed E-state index contributed by atoms with van der Waals surface area (Å²) in [4.78, 5) is 23.5. The summed E-state index contributed by atoms with van der Waals surface area (Å²) in [6.45, 7) is -0.439. The van der Waals surface area contributed by atoms with Gasteiger partial charge in [-0.15, -0.1) is 0 Å². The molecule has 0 atom stereocenters. The number of esters is 1. The van der Waals surface area contributed by atoms with Gasteiger partial charge < -0.3 is 4.74 Å². The Morgan fingerprint density at radius 2 is 1.82 bits per heavy atom. The lowest BCUT2D eigenvalue weighted by molar-refractivity contribution is -0.141. The number of hydrogen-bond donors (Lipinski definition) is 0. The Kier molecular flexibility index (Phi) is 5.52. The molecule has 0 aliphatic rings. The third-order valence-electron chi connectivity index (χ3n) is 2.89. The molecule has 0 bridgehead atoms. The third kappa shape index (κ3) is 4.29. The molecular weight excluding hydrogens is 330 g/mol. The maximum atomic E-state index is 13.5. The molecule has 114 valence electrons. The van der Waals surface area contributed by atoms with Crippen LogP contribution in [0.5, 0.6) is 0 Å². The lowest BCUT2D eigenvalue weighted by Crippen LogP contribution is -2.16. The maximum absolute atomic E-state index is 13.5. The van der Waals surface area contributed by atoms with Gasteiger partial charge in [-0.1, -0.05) is 41.4 Å². The SMILES string of the molecule is O=C(Cc1c(F)cccc1Cl)OCC(=O)c1cccc(Cl)c1. The summed E-state index contributed by atoms with van der Waals surface area (Å²) in [7, 11) is 0. The molecule has 0 radical (unpaired) electrons. The quantitative estimate of drug-likeness (QED) is 0.607. The Bertz CT molecular complexity index is 696. The van der Waals surface area contributed by atoms with Crippen LogP contribution in [0.3, 0.4) is 0 Å². The Morgan fingerprint density at radius 1 is 1.09 bits per heavy atom. The summed E-state index contributed by atoms with van der Waals surface area (Å²) in [6, 6.07) is 10.4. The minimum atomic E-state index is -0.734. The second kappa shape index (κ2) is 7.38. The first kappa shape index (κ1) is 16.5. The summed E-state index contributed by atoms with van der Waals surface area (Å²) in [5, 5.41) is 0.549. The van der Waals surface area contributed by atoms with Gasteiger partial charge in [0.1, 0.15) is 5.82 Å². The summed E-state index contributed by atoms with van der Waals surface area (Å²) in [6.07, 6.45) is -0.339. The van der Waals surface area contributed by atoms with Crippen molar-refractivity contribution in [3.63, 3.8) is 0 Å². The molecule has 0 saturated heterocycles. The normalized spacial score (nSPS) is 10.3. The van der Waals surface area contributed by atoms with Crippen LogP contribution in [0.15, 0.2) is 42.5 Å². The van der Waals surface area contributed by atoms with E-state index >= 15 is 0 Å². The maximum Gasteiger partial charge on any atom is 0.310 e. The van der Waals surface area contributed by atoms with Crippen LogP contribution in [0, 0.1) is 5.82 Å². The lowest BCUT2D eigenvalue weighted by Gasteiger charge is -2.07. The third-order valence-corrected chi connectivity index (χ3v) is 3.48. The van der Waals surface area contributed by atoms with Crippen LogP contribution in [0.2, 0.25) is 10.0 Å². The largest absolute Gasteiger partial charge is 0.457 e. The van der Waals surface area contributed by atoms with Crippen molar-refractivity contribution < 1.29 is 18.7 Å². The van der Waals surface area contributed by atoms with E-state index in [4.69, 9.17) is 27.9 Å². The first-order chi connectivity index (χ1) is 10.5. The fourth-order valence-electron chi connectivity index (χ4n) is 1.79.